The van der Waals surface area contributed by atoms with Crippen LogP contribution in [0.3, 0.4) is 0 Å². The zero-order valence-electron chi connectivity index (χ0n) is 10.7. The molecule has 17 heavy (non-hydrogen) atoms. The van der Waals surface area contributed by atoms with Crippen LogP contribution in [0.25, 0.3) is 11.3 Å². The molecule has 0 bridgehead atoms. The molecule has 0 saturated heterocycles. The molecule has 0 aliphatic heterocycles. The molecule has 90 valence electrons. The summed E-state index contributed by atoms with van der Waals surface area (Å²) in [5, 5.41) is 0. The van der Waals surface area contributed by atoms with E-state index in [9.17, 15) is 0 Å². The summed E-state index contributed by atoms with van der Waals surface area (Å²) in [4.78, 5) is 3.94. The molecule has 0 aliphatic rings. The molecule has 0 spiro atoms. The van der Waals surface area contributed by atoms with Crippen LogP contribution >= 0.6 is 0 Å². The number of aromatic nitrogens is 1. The van der Waals surface area contributed by atoms with Gasteiger partial charge >= 0.3 is 0 Å². The van der Waals surface area contributed by atoms with Gasteiger partial charge in [0.15, 0.2) is 5.76 Å². The van der Waals surface area contributed by atoms with Gasteiger partial charge in [0.05, 0.1) is 6.20 Å². The van der Waals surface area contributed by atoms with Gasteiger partial charge in [0, 0.05) is 5.56 Å². The van der Waals surface area contributed by atoms with Gasteiger partial charge in [0.1, 0.15) is 0 Å². The SMILES string of the molecule is Cc1ccc(C(C)(C)C)cc1-c1cnc(N)o1. The summed E-state index contributed by atoms with van der Waals surface area (Å²) < 4.78 is 5.38. The summed E-state index contributed by atoms with van der Waals surface area (Å²) >= 11 is 0. The summed E-state index contributed by atoms with van der Waals surface area (Å²) in [6.45, 7) is 8.63. The summed E-state index contributed by atoms with van der Waals surface area (Å²) in [5.74, 6) is 0.728. The maximum atomic E-state index is 5.51. The fourth-order valence-corrected chi connectivity index (χ4v) is 1.77. The fourth-order valence-electron chi connectivity index (χ4n) is 1.77. The number of nitrogens with two attached hydrogens (primary N) is 1. The van der Waals surface area contributed by atoms with Gasteiger partial charge in [-0.15, -0.1) is 0 Å². The quantitative estimate of drug-likeness (QED) is 0.815. The zero-order chi connectivity index (χ0) is 12.6. The molecule has 2 N–H and O–H groups in total. The Morgan fingerprint density at radius 3 is 2.47 bits per heavy atom. The van der Waals surface area contributed by atoms with E-state index in [-0.39, 0.29) is 11.4 Å². The van der Waals surface area contributed by atoms with Crippen molar-refractivity contribution in [3.63, 3.8) is 0 Å². The maximum absolute atomic E-state index is 5.51. The second kappa shape index (κ2) is 3.91. The minimum atomic E-state index is 0.119. The van der Waals surface area contributed by atoms with Crippen LogP contribution in [0.1, 0.15) is 31.9 Å². The van der Waals surface area contributed by atoms with Crippen molar-refractivity contribution in [2.45, 2.75) is 33.1 Å². The molecule has 1 aromatic heterocycles. The van der Waals surface area contributed by atoms with Crippen molar-refractivity contribution in [2.75, 3.05) is 5.73 Å². The molecule has 3 heteroatoms. The van der Waals surface area contributed by atoms with Crippen molar-refractivity contribution in [3.8, 4) is 11.3 Å². The highest BCUT2D eigenvalue weighted by Gasteiger charge is 2.16. The van der Waals surface area contributed by atoms with E-state index in [0.29, 0.717) is 0 Å². The zero-order valence-corrected chi connectivity index (χ0v) is 10.7. The molecule has 0 unspecified atom stereocenters. The molecule has 0 atom stereocenters. The first-order valence-electron chi connectivity index (χ1n) is 5.71. The summed E-state index contributed by atoms with van der Waals surface area (Å²) in [6, 6.07) is 6.61. The molecule has 3 nitrogen and oxygen atoms in total. The topological polar surface area (TPSA) is 52.0 Å². The van der Waals surface area contributed by atoms with Crippen LogP contribution < -0.4 is 5.73 Å². The number of hydrogen-bond donors (Lipinski definition) is 1. The average Bonchev–Trinajstić information content (AvgIpc) is 2.63. The first-order valence-corrected chi connectivity index (χ1v) is 5.71. The lowest BCUT2D eigenvalue weighted by Crippen LogP contribution is -2.11. The monoisotopic (exact) mass is 230 g/mol. The summed E-state index contributed by atoms with van der Waals surface area (Å²) in [7, 11) is 0. The molecule has 1 aromatic carbocycles. The number of rotatable bonds is 1. The number of benzene rings is 1. The lowest BCUT2D eigenvalue weighted by Gasteiger charge is -2.20. The highest BCUT2D eigenvalue weighted by atomic mass is 16.4. The molecule has 0 radical (unpaired) electrons. The Morgan fingerprint density at radius 2 is 1.94 bits per heavy atom. The Kier molecular flexibility index (Phi) is 2.69. The van der Waals surface area contributed by atoms with Crippen molar-refractivity contribution in [2.24, 2.45) is 0 Å². The average molecular weight is 230 g/mol. The number of oxazole rings is 1. The number of hydrogen-bond acceptors (Lipinski definition) is 3. The van der Waals surface area contributed by atoms with E-state index in [2.05, 4.69) is 50.9 Å². The van der Waals surface area contributed by atoms with Crippen LogP contribution in [0.5, 0.6) is 0 Å². The highest BCUT2D eigenvalue weighted by Crippen LogP contribution is 2.30. The van der Waals surface area contributed by atoms with E-state index in [0.717, 1.165) is 16.9 Å². The third-order valence-electron chi connectivity index (χ3n) is 2.89. The fraction of sp³-hybridized carbons (Fsp3) is 0.357. The molecule has 1 heterocycles. The molecule has 0 fully saturated rings. The highest BCUT2D eigenvalue weighted by molar-refractivity contribution is 5.63. The van der Waals surface area contributed by atoms with Crippen molar-refractivity contribution in [1.29, 1.82) is 0 Å². The smallest absolute Gasteiger partial charge is 0.292 e. The molecule has 2 rings (SSSR count). The van der Waals surface area contributed by atoms with E-state index >= 15 is 0 Å². The van der Waals surface area contributed by atoms with Gasteiger partial charge in [-0.25, -0.2) is 4.98 Å². The number of nitrogen functional groups attached to an aromatic ring is 1. The summed E-state index contributed by atoms with van der Waals surface area (Å²) in [6.07, 6.45) is 1.67. The Morgan fingerprint density at radius 1 is 1.24 bits per heavy atom. The van der Waals surface area contributed by atoms with E-state index < -0.39 is 0 Å². The van der Waals surface area contributed by atoms with E-state index in [4.69, 9.17) is 10.2 Å². The van der Waals surface area contributed by atoms with Gasteiger partial charge in [-0.3, -0.25) is 0 Å². The minimum absolute atomic E-state index is 0.119. The van der Waals surface area contributed by atoms with E-state index in [1.165, 1.54) is 5.56 Å². The third kappa shape index (κ3) is 2.33. The molecule has 0 aliphatic carbocycles. The van der Waals surface area contributed by atoms with Gasteiger partial charge in [-0.05, 0) is 29.5 Å². The number of aryl methyl sites for hydroxylation is 1. The lowest BCUT2D eigenvalue weighted by molar-refractivity contribution is 0.585. The molecule has 2 aromatic rings. The van der Waals surface area contributed by atoms with Gasteiger partial charge in [0.2, 0.25) is 0 Å². The second-order valence-electron chi connectivity index (χ2n) is 5.34. The molecular formula is C14H18N2O. The summed E-state index contributed by atoms with van der Waals surface area (Å²) in [5.41, 5.74) is 9.12. The van der Waals surface area contributed by atoms with Crippen molar-refractivity contribution >= 4 is 6.01 Å². The van der Waals surface area contributed by atoms with Crippen molar-refractivity contribution in [3.05, 3.63) is 35.5 Å². The van der Waals surface area contributed by atoms with E-state index in [1.807, 2.05) is 0 Å². The number of nitrogens with zero attached hydrogens (tertiary/aromatic N) is 1. The van der Waals surface area contributed by atoms with Gasteiger partial charge in [-0.2, -0.15) is 0 Å². The maximum Gasteiger partial charge on any atom is 0.292 e. The van der Waals surface area contributed by atoms with Crippen LogP contribution in [0.4, 0.5) is 6.01 Å². The predicted molar refractivity (Wildman–Crippen MR) is 69.8 cm³/mol. The van der Waals surface area contributed by atoms with Crippen LogP contribution in [-0.2, 0) is 5.41 Å². The predicted octanol–water partition coefficient (Wildman–Crippen LogP) is 3.53. The molecule has 0 amide bonds. The first kappa shape index (κ1) is 11.7. The van der Waals surface area contributed by atoms with Crippen molar-refractivity contribution < 1.29 is 4.42 Å². The van der Waals surface area contributed by atoms with Crippen LogP contribution in [0, 0.1) is 6.92 Å². The first-order chi connectivity index (χ1) is 7.88. The Balaban J connectivity index is 2.54. The molecular weight excluding hydrogens is 212 g/mol. The Hall–Kier alpha value is -1.77. The normalized spacial score (nSPS) is 11.8. The lowest BCUT2D eigenvalue weighted by atomic mass is 9.85. The Bertz CT molecular complexity index is 535. The third-order valence-corrected chi connectivity index (χ3v) is 2.89. The van der Waals surface area contributed by atoms with Crippen LogP contribution in [0.2, 0.25) is 0 Å². The second-order valence-corrected chi connectivity index (χ2v) is 5.34. The van der Waals surface area contributed by atoms with Gasteiger partial charge in [-0.1, -0.05) is 32.9 Å². The van der Waals surface area contributed by atoms with Gasteiger partial charge < -0.3 is 10.2 Å². The van der Waals surface area contributed by atoms with Crippen LogP contribution in [0.15, 0.2) is 28.8 Å². The number of anilines is 1. The standard InChI is InChI=1S/C14H18N2O/c1-9-5-6-10(14(2,3)4)7-11(9)12-8-16-13(15)17-12/h5-8H,1-4H3,(H2,15,16). The van der Waals surface area contributed by atoms with Crippen LogP contribution in [-0.4, -0.2) is 4.98 Å². The minimum Gasteiger partial charge on any atom is -0.424 e. The largest absolute Gasteiger partial charge is 0.424 e. The Labute approximate surface area is 102 Å². The van der Waals surface area contributed by atoms with Gasteiger partial charge in [0.25, 0.3) is 6.01 Å². The molecule has 0 saturated carbocycles. The van der Waals surface area contributed by atoms with E-state index in [1.54, 1.807) is 6.20 Å². The van der Waals surface area contributed by atoms with Crippen molar-refractivity contribution in [1.82, 2.24) is 4.98 Å².